The molecular formula is C15H20N2O3S. The van der Waals surface area contributed by atoms with Crippen LogP contribution in [0.1, 0.15) is 48.8 Å². The van der Waals surface area contributed by atoms with Crippen LogP contribution in [0.4, 0.5) is 0 Å². The van der Waals surface area contributed by atoms with E-state index in [4.69, 9.17) is 4.74 Å². The first kappa shape index (κ1) is 15.7. The predicted octanol–water partition coefficient (Wildman–Crippen LogP) is 3.13. The number of aryl methyl sites for hydroxylation is 2. The molecular weight excluding hydrogens is 288 g/mol. The Morgan fingerprint density at radius 1 is 1.48 bits per heavy atom. The maximum atomic E-state index is 12.5. The van der Waals surface area contributed by atoms with Gasteiger partial charge in [-0.05, 0) is 32.8 Å². The summed E-state index contributed by atoms with van der Waals surface area (Å²) in [6.45, 7) is 8.11. The minimum absolute atomic E-state index is 0.0780. The molecule has 2 rings (SSSR count). The van der Waals surface area contributed by atoms with E-state index in [1.807, 2.05) is 0 Å². The summed E-state index contributed by atoms with van der Waals surface area (Å²) in [6.07, 6.45) is 3.32. The van der Waals surface area contributed by atoms with Crippen molar-refractivity contribution in [3.05, 3.63) is 27.1 Å². The first-order valence-electron chi connectivity index (χ1n) is 7.15. The molecule has 0 atom stereocenters. The number of nitrogens with zero attached hydrogens (tertiary/aromatic N) is 2. The van der Waals surface area contributed by atoms with Crippen LogP contribution in [-0.2, 0) is 11.3 Å². The van der Waals surface area contributed by atoms with Gasteiger partial charge in [0.2, 0.25) is 0 Å². The highest BCUT2D eigenvalue weighted by molar-refractivity contribution is 7.20. The van der Waals surface area contributed by atoms with E-state index in [2.05, 4.69) is 11.9 Å². The zero-order chi connectivity index (χ0) is 15.6. The highest BCUT2D eigenvalue weighted by Crippen LogP contribution is 2.27. The summed E-state index contributed by atoms with van der Waals surface area (Å²) < 4.78 is 6.83. The molecule has 0 aromatic carbocycles. The van der Waals surface area contributed by atoms with Gasteiger partial charge in [-0.25, -0.2) is 9.78 Å². The van der Waals surface area contributed by atoms with Gasteiger partial charge in [0, 0.05) is 6.54 Å². The van der Waals surface area contributed by atoms with Gasteiger partial charge in [-0.1, -0.05) is 13.3 Å². The van der Waals surface area contributed by atoms with Crippen LogP contribution in [0.2, 0.25) is 0 Å². The van der Waals surface area contributed by atoms with Gasteiger partial charge in [-0.15, -0.1) is 11.3 Å². The van der Waals surface area contributed by atoms with Crippen molar-refractivity contribution in [2.24, 2.45) is 0 Å². The number of ether oxygens (including phenoxy) is 1. The molecule has 0 N–H and O–H groups in total. The van der Waals surface area contributed by atoms with Crippen LogP contribution >= 0.6 is 11.3 Å². The highest BCUT2D eigenvalue weighted by Gasteiger charge is 2.21. The van der Waals surface area contributed by atoms with Gasteiger partial charge in [-0.3, -0.25) is 9.36 Å². The topological polar surface area (TPSA) is 61.2 Å². The third-order valence-electron chi connectivity index (χ3n) is 3.20. The number of hydrogen-bond acceptors (Lipinski definition) is 5. The maximum absolute atomic E-state index is 12.5. The van der Waals surface area contributed by atoms with E-state index in [0.29, 0.717) is 27.2 Å². The van der Waals surface area contributed by atoms with Crippen LogP contribution < -0.4 is 5.56 Å². The molecule has 114 valence electrons. The molecule has 0 aliphatic rings. The molecule has 2 aromatic rings. The standard InChI is InChI=1S/C15H20N2O3S/c1-5-6-7-17-8-16-13-11(14(17)18)10(4)12(21-13)15(19)20-9(2)3/h8-9H,5-7H2,1-4H3. The Morgan fingerprint density at radius 3 is 2.81 bits per heavy atom. The van der Waals surface area contributed by atoms with E-state index in [1.54, 1.807) is 31.7 Å². The fraction of sp³-hybridized carbons (Fsp3) is 0.533. The van der Waals surface area contributed by atoms with E-state index in [0.717, 1.165) is 12.8 Å². The van der Waals surface area contributed by atoms with Crippen molar-refractivity contribution in [1.29, 1.82) is 0 Å². The molecule has 0 aliphatic carbocycles. The first-order valence-corrected chi connectivity index (χ1v) is 7.96. The van der Waals surface area contributed by atoms with Gasteiger partial charge in [0.05, 0.1) is 17.8 Å². The van der Waals surface area contributed by atoms with Crippen molar-refractivity contribution in [2.45, 2.75) is 53.2 Å². The van der Waals surface area contributed by atoms with Crippen molar-refractivity contribution in [1.82, 2.24) is 9.55 Å². The van der Waals surface area contributed by atoms with Crippen LogP contribution in [-0.4, -0.2) is 21.6 Å². The van der Waals surface area contributed by atoms with Gasteiger partial charge in [-0.2, -0.15) is 0 Å². The maximum Gasteiger partial charge on any atom is 0.348 e. The van der Waals surface area contributed by atoms with E-state index in [1.165, 1.54) is 11.3 Å². The van der Waals surface area contributed by atoms with Crippen molar-refractivity contribution in [2.75, 3.05) is 0 Å². The third kappa shape index (κ3) is 3.15. The van der Waals surface area contributed by atoms with Gasteiger partial charge >= 0.3 is 5.97 Å². The number of hydrogen-bond donors (Lipinski definition) is 0. The Hall–Kier alpha value is -1.69. The van der Waals surface area contributed by atoms with Crippen LogP contribution in [0.25, 0.3) is 10.2 Å². The van der Waals surface area contributed by atoms with Gasteiger partial charge in [0.1, 0.15) is 9.71 Å². The lowest BCUT2D eigenvalue weighted by Gasteiger charge is -2.06. The molecule has 6 heteroatoms. The molecule has 0 amide bonds. The molecule has 2 heterocycles. The number of carbonyl (C=O) groups is 1. The normalized spacial score (nSPS) is 11.3. The van der Waals surface area contributed by atoms with E-state index in [9.17, 15) is 9.59 Å². The van der Waals surface area contributed by atoms with Crippen LogP contribution in [0.3, 0.4) is 0 Å². The first-order chi connectivity index (χ1) is 9.95. The van der Waals surface area contributed by atoms with Crippen molar-refractivity contribution < 1.29 is 9.53 Å². The summed E-state index contributed by atoms with van der Waals surface area (Å²) in [4.78, 5) is 29.9. The van der Waals surface area contributed by atoms with E-state index < -0.39 is 0 Å². The van der Waals surface area contributed by atoms with Crippen LogP contribution in [0.15, 0.2) is 11.1 Å². The molecule has 21 heavy (non-hydrogen) atoms. The Kier molecular flexibility index (Phi) is 4.77. The fourth-order valence-electron chi connectivity index (χ4n) is 2.11. The van der Waals surface area contributed by atoms with E-state index in [-0.39, 0.29) is 17.6 Å². The zero-order valence-electron chi connectivity index (χ0n) is 12.8. The summed E-state index contributed by atoms with van der Waals surface area (Å²) >= 11 is 1.22. The summed E-state index contributed by atoms with van der Waals surface area (Å²) in [6, 6.07) is 0. The largest absolute Gasteiger partial charge is 0.459 e. The predicted molar refractivity (Wildman–Crippen MR) is 84.1 cm³/mol. The molecule has 0 aliphatic heterocycles. The number of carbonyl (C=O) groups excluding carboxylic acids is 1. The second kappa shape index (κ2) is 6.39. The molecule has 0 saturated carbocycles. The average Bonchev–Trinajstić information content (AvgIpc) is 2.75. The second-order valence-electron chi connectivity index (χ2n) is 5.29. The Balaban J connectivity index is 2.49. The molecule has 0 fully saturated rings. The van der Waals surface area contributed by atoms with Crippen molar-refractivity contribution >= 4 is 27.5 Å². The minimum Gasteiger partial charge on any atom is -0.459 e. The minimum atomic E-state index is -0.384. The Labute approximate surface area is 127 Å². The lowest BCUT2D eigenvalue weighted by molar-refractivity contribution is 0.0383. The van der Waals surface area contributed by atoms with Crippen molar-refractivity contribution in [3.8, 4) is 0 Å². The monoisotopic (exact) mass is 308 g/mol. The quantitative estimate of drug-likeness (QED) is 0.796. The molecule has 0 saturated heterocycles. The summed E-state index contributed by atoms with van der Waals surface area (Å²) in [5.74, 6) is -0.384. The molecule has 0 spiro atoms. The summed E-state index contributed by atoms with van der Waals surface area (Å²) in [7, 11) is 0. The van der Waals surface area contributed by atoms with Crippen molar-refractivity contribution in [3.63, 3.8) is 0 Å². The molecule has 0 radical (unpaired) electrons. The molecule has 0 bridgehead atoms. The number of esters is 1. The number of fused-ring (bicyclic) bond motifs is 1. The molecule has 0 unspecified atom stereocenters. The molecule has 5 nitrogen and oxygen atoms in total. The highest BCUT2D eigenvalue weighted by atomic mass is 32.1. The lowest BCUT2D eigenvalue weighted by atomic mass is 10.2. The van der Waals surface area contributed by atoms with Gasteiger partial charge in [0.25, 0.3) is 5.56 Å². The van der Waals surface area contributed by atoms with Gasteiger partial charge < -0.3 is 4.74 Å². The Morgan fingerprint density at radius 2 is 2.19 bits per heavy atom. The zero-order valence-corrected chi connectivity index (χ0v) is 13.6. The SMILES string of the molecule is CCCCn1cnc2sc(C(=O)OC(C)C)c(C)c2c1=O. The second-order valence-corrected chi connectivity index (χ2v) is 6.29. The fourth-order valence-corrected chi connectivity index (χ4v) is 3.13. The lowest BCUT2D eigenvalue weighted by Crippen LogP contribution is -2.20. The van der Waals surface area contributed by atoms with Crippen LogP contribution in [0, 0.1) is 6.92 Å². The van der Waals surface area contributed by atoms with Crippen LogP contribution in [0.5, 0.6) is 0 Å². The number of aromatic nitrogens is 2. The number of unbranched alkanes of at least 4 members (excludes halogenated alkanes) is 1. The van der Waals surface area contributed by atoms with E-state index >= 15 is 0 Å². The summed E-state index contributed by atoms with van der Waals surface area (Å²) in [5, 5.41) is 0.536. The third-order valence-corrected chi connectivity index (χ3v) is 4.38. The Bertz CT molecular complexity index is 716. The smallest absolute Gasteiger partial charge is 0.348 e. The number of thiophene rings is 1. The van der Waals surface area contributed by atoms with Gasteiger partial charge in [0.15, 0.2) is 0 Å². The molecule has 2 aromatic heterocycles. The average molecular weight is 308 g/mol. The summed E-state index contributed by atoms with van der Waals surface area (Å²) in [5.41, 5.74) is 0.592. The number of rotatable bonds is 5.